The van der Waals surface area contributed by atoms with Gasteiger partial charge in [0.25, 0.3) is 0 Å². The Kier molecular flexibility index (Phi) is 3.13. The van der Waals surface area contributed by atoms with Crippen molar-refractivity contribution in [2.75, 3.05) is 5.32 Å². The molecule has 0 atom stereocenters. The van der Waals surface area contributed by atoms with Gasteiger partial charge in [0.2, 0.25) is 5.95 Å². The number of nitrogens with zero attached hydrogens (tertiary/aromatic N) is 3. The molecule has 0 fully saturated rings. The number of aryl methyl sites for hydroxylation is 2. The van der Waals surface area contributed by atoms with Crippen molar-refractivity contribution in [1.29, 1.82) is 0 Å². The minimum absolute atomic E-state index is 0.354. The molecule has 0 saturated heterocycles. The molecule has 0 bridgehead atoms. The van der Waals surface area contributed by atoms with E-state index in [4.69, 9.17) is 0 Å². The first-order valence-electron chi connectivity index (χ1n) is 5.82. The number of hydrogen-bond acceptors (Lipinski definition) is 3. The summed E-state index contributed by atoms with van der Waals surface area (Å²) in [4.78, 5) is 8.80. The molecule has 0 saturated carbocycles. The lowest BCUT2D eigenvalue weighted by atomic mass is 10.3. The lowest BCUT2D eigenvalue weighted by Gasteiger charge is -2.13. The molecule has 0 aliphatic rings. The van der Waals surface area contributed by atoms with E-state index in [2.05, 4.69) is 39.8 Å². The lowest BCUT2D eigenvalue weighted by Crippen LogP contribution is -2.14. The van der Waals surface area contributed by atoms with Crippen molar-refractivity contribution in [3.63, 3.8) is 0 Å². The minimum atomic E-state index is 0.354. The van der Waals surface area contributed by atoms with Crippen LogP contribution in [-0.2, 0) is 0 Å². The Morgan fingerprint density at radius 1 is 1.29 bits per heavy atom. The second-order valence-corrected chi connectivity index (χ2v) is 4.48. The molecule has 0 spiro atoms. The van der Waals surface area contributed by atoms with E-state index in [9.17, 15) is 0 Å². The van der Waals surface area contributed by atoms with Crippen LogP contribution in [0.2, 0.25) is 0 Å². The van der Waals surface area contributed by atoms with Crippen LogP contribution in [0.5, 0.6) is 0 Å². The van der Waals surface area contributed by atoms with E-state index in [0.29, 0.717) is 6.04 Å². The van der Waals surface area contributed by atoms with Crippen LogP contribution in [0.3, 0.4) is 0 Å². The van der Waals surface area contributed by atoms with Gasteiger partial charge in [0.05, 0.1) is 17.1 Å². The summed E-state index contributed by atoms with van der Waals surface area (Å²) in [7, 11) is 0. The monoisotopic (exact) mass is 230 g/mol. The van der Waals surface area contributed by atoms with E-state index in [1.807, 2.05) is 26.1 Å². The number of nitrogens with one attached hydrogen (secondary N) is 1. The van der Waals surface area contributed by atoms with E-state index < -0.39 is 0 Å². The highest BCUT2D eigenvalue weighted by Gasteiger charge is 2.10. The Balaban J connectivity index is 2.48. The molecule has 2 aromatic heterocycles. The Labute approximate surface area is 102 Å². The predicted octanol–water partition coefficient (Wildman–Crippen LogP) is 2.70. The molecule has 1 N–H and O–H groups in total. The van der Waals surface area contributed by atoms with Crippen molar-refractivity contribution in [3.8, 4) is 5.69 Å². The fourth-order valence-corrected chi connectivity index (χ4v) is 1.77. The maximum atomic E-state index is 4.49. The highest BCUT2D eigenvalue weighted by molar-refractivity contribution is 5.45. The SMILES string of the molecule is Cc1cn(-c2cccnc2C)c(NC(C)C)n1. The van der Waals surface area contributed by atoms with Gasteiger partial charge in [-0.25, -0.2) is 4.98 Å². The summed E-state index contributed by atoms with van der Waals surface area (Å²) in [6.07, 6.45) is 3.83. The number of pyridine rings is 1. The number of aromatic nitrogens is 3. The first-order valence-corrected chi connectivity index (χ1v) is 5.82. The second kappa shape index (κ2) is 4.57. The zero-order chi connectivity index (χ0) is 12.4. The third-order valence-electron chi connectivity index (χ3n) is 2.48. The van der Waals surface area contributed by atoms with E-state index in [1.54, 1.807) is 6.20 Å². The standard InChI is InChI=1S/C13H18N4/c1-9(2)15-13-16-10(3)8-17(13)12-6-5-7-14-11(12)4/h5-9H,1-4H3,(H,15,16). The first-order chi connectivity index (χ1) is 8.08. The molecule has 0 unspecified atom stereocenters. The maximum absolute atomic E-state index is 4.49. The smallest absolute Gasteiger partial charge is 0.208 e. The van der Waals surface area contributed by atoms with Gasteiger partial charge in [-0.1, -0.05) is 0 Å². The van der Waals surface area contributed by atoms with Crippen LogP contribution in [-0.4, -0.2) is 20.6 Å². The Bertz CT molecular complexity index is 514. The summed E-state index contributed by atoms with van der Waals surface area (Å²) in [6.45, 7) is 8.20. The van der Waals surface area contributed by atoms with Crippen LogP contribution >= 0.6 is 0 Å². The maximum Gasteiger partial charge on any atom is 0.208 e. The molecule has 2 rings (SSSR count). The van der Waals surface area contributed by atoms with Gasteiger partial charge in [-0.3, -0.25) is 9.55 Å². The zero-order valence-corrected chi connectivity index (χ0v) is 10.7. The van der Waals surface area contributed by atoms with Crippen LogP contribution in [0.1, 0.15) is 25.2 Å². The van der Waals surface area contributed by atoms with Gasteiger partial charge >= 0.3 is 0 Å². The lowest BCUT2D eigenvalue weighted by molar-refractivity contribution is 0.860. The van der Waals surface area contributed by atoms with Gasteiger partial charge in [0.1, 0.15) is 0 Å². The predicted molar refractivity (Wildman–Crippen MR) is 69.6 cm³/mol. The molecule has 2 aromatic rings. The first kappa shape index (κ1) is 11.6. The molecular formula is C13H18N4. The summed E-state index contributed by atoms with van der Waals surface area (Å²) >= 11 is 0. The number of hydrogen-bond donors (Lipinski definition) is 1. The molecule has 0 amide bonds. The fourth-order valence-electron chi connectivity index (χ4n) is 1.77. The van der Waals surface area contributed by atoms with Crippen molar-refractivity contribution >= 4 is 5.95 Å². The van der Waals surface area contributed by atoms with Gasteiger partial charge in [0.15, 0.2) is 0 Å². The van der Waals surface area contributed by atoms with Gasteiger partial charge in [0, 0.05) is 18.4 Å². The number of anilines is 1. The van der Waals surface area contributed by atoms with E-state index in [0.717, 1.165) is 23.0 Å². The zero-order valence-electron chi connectivity index (χ0n) is 10.7. The van der Waals surface area contributed by atoms with Crippen molar-refractivity contribution in [3.05, 3.63) is 35.9 Å². The van der Waals surface area contributed by atoms with Crippen LogP contribution in [0, 0.1) is 13.8 Å². The van der Waals surface area contributed by atoms with Crippen molar-refractivity contribution < 1.29 is 0 Å². The molecule has 4 nitrogen and oxygen atoms in total. The van der Waals surface area contributed by atoms with Gasteiger partial charge in [-0.2, -0.15) is 0 Å². The van der Waals surface area contributed by atoms with E-state index in [-0.39, 0.29) is 0 Å². The largest absolute Gasteiger partial charge is 0.353 e. The van der Waals surface area contributed by atoms with Crippen LogP contribution in [0.25, 0.3) is 5.69 Å². The molecule has 0 aliphatic heterocycles. The summed E-state index contributed by atoms with van der Waals surface area (Å²) in [5, 5.41) is 3.34. The van der Waals surface area contributed by atoms with Gasteiger partial charge < -0.3 is 5.32 Å². The van der Waals surface area contributed by atoms with Gasteiger partial charge in [-0.05, 0) is 39.8 Å². The van der Waals surface area contributed by atoms with Crippen molar-refractivity contribution in [1.82, 2.24) is 14.5 Å². The molecule has 4 heteroatoms. The summed E-state index contributed by atoms with van der Waals surface area (Å²) in [5.41, 5.74) is 3.06. The molecule has 17 heavy (non-hydrogen) atoms. The molecule has 2 heterocycles. The normalized spacial score (nSPS) is 10.9. The van der Waals surface area contributed by atoms with Gasteiger partial charge in [-0.15, -0.1) is 0 Å². The summed E-state index contributed by atoms with van der Waals surface area (Å²) in [6, 6.07) is 4.35. The quantitative estimate of drug-likeness (QED) is 0.881. The highest BCUT2D eigenvalue weighted by Crippen LogP contribution is 2.18. The molecule has 90 valence electrons. The third-order valence-corrected chi connectivity index (χ3v) is 2.48. The molecular weight excluding hydrogens is 212 g/mol. The average Bonchev–Trinajstić information content (AvgIpc) is 2.59. The number of rotatable bonds is 3. The topological polar surface area (TPSA) is 42.7 Å². The summed E-state index contributed by atoms with van der Waals surface area (Å²) < 4.78 is 2.05. The van der Waals surface area contributed by atoms with Crippen LogP contribution < -0.4 is 5.32 Å². The van der Waals surface area contributed by atoms with Crippen molar-refractivity contribution in [2.24, 2.45) is 0 Å². The Morgan fingerprint density at radius 3 is 2.71 bits per heavy atom. The molecule has 0 radical (unpaired) electrons. The molecule has 0 aromatic carbocycles. The third kappa shape index (κ3) is 2.46. The highest BCUT2D eigenvalue weighted by atomic mass is 15.2. The summed E-state index contributed by atoms with van der Waals surface area (Å²) in [5.74, 6) is 0.869. The Hall–Kier alpha value is -1.84. The molecule has 0 aliphatic carbocycles. The second-order valence-electron chi connectivity index (χ2n) is 4.48. The van der Waals surface area contributed by atoms with Crippen molar-refractivity contribution in [2.45, 2.75) is 33.7 Å². The van der Waals surface area contributed by atoms with Crippen LogP contribution in [0.15, 0.2) is 24.5 Å². The van der Waals surface area contributed by atoms with E-state index >= 15 is 0 Å². The average molecular weight is 230 g/mol. The van der Waals surface area contributed by atoms with E-state index in [1.165, 1.54) is 0 Å². The Morgan fingerprint density at radius 2 is 2.06 bits per heavy atom. The van der Waals surface area contributed by atoms with Crippen LogP contribution in [0.4, 0.5) is 5.95 Å². The fraction of sp³-hybridized carbons (Fsp3) is 0.385. The number of imidazole rings is 1. The minimum Gasteiger partial charge on any atom is -0.353 e.